The number of para-hydroxylation sites is 2. The van der Waals surface area contributed by atoms with Gasteiger partial charge in [0.2, 0.25) is 0 Å². The highest BCUT2D eigenvalue weighted by Crippen LogP contribution is 2.22. The monoisotopic (exact) mass is 265 g/mol. The van der Waals surface area contributed by atoms with Crippen molar-refractivity contribution in [3.63, 3.8) is 0 Å². The molecule has 0 N–H and O–H groups in total. The van der Waals surface area contributed by atoms with Gasteiger partial charge in [0.25, 0.3) is 6.01 Å². The Kier molecular flexibility index (Phi) is 3.39. The smallest absolute Gasteiger partial charge is 0.298 e. The fraction of sp³-hybridized carbons (Fsp3) is 0.462. The highest BCUT2D eigenvalue weighted by molar-refractivity contribution is 6.18. The van der Waals surface area contributed by atoms with E-state index in [1.54, 1.807) is 0 Å². The summed E-state index contributed by atoms with van der Waals surface area (Å²) in [7, 11) is 0. The average Bonchev–Trinajstić information content (AvgIpc) is 2.84. The number of anilines is 1. The third-order valence-corrected chi connectivity index (χ3v) is 3.50. The van der Waals surface area contributed by atoms with Gasteiger partial charge < -0.3 is 9.32 Å². The number of halogens is 1. The summed E-state index contributed by atoms with van der Waals surface area (Å²) in [5, 5.41) is 0. The predicted octanol–water partition coefficient (Wildman–Crippen LogP) is 2.19. The van der Waals surface area contributed by atoms with Gasteiger partial charge in [0, 0.05) is 38.6 Å². The molecular weight excluding hydrogens is 250 g/mol. The van der Waals surface area contributed by atoms with Gasteiger partial charge in [-0.25, -0.2) is 0 Å². The van der Waals surface area contributed by atoms with Crippen LogP contribution < -0.4 is 4.90 Å². The second-order valence-electron chi connectivity index (χ2n) is 4.48. The molecule has 1 aliphatic heterocycles. The molecule has 0 spiro atoms. The molecule has 1 saturated heterocycles. The topological polar surface area (TPSA) is 32.5 Å². The van der Waals surface area contributed by atoms with Crippen LogP contribution in [0.4, 0.5) is 6.01 Å². The molecular formula is C13H16ClN3O. The van der Waals surface area contributed by atoms with E-state index in [2.05, 4.69) is 14.8 Å². The Balaban J connectivity index is 1.72. The van der Waals surface area contributed by atoms with Gasteiger partial charge in [0.1, 0.15) is 5.52 Å². The van der Waals surface area contributed by atoms with Gasteiger partial charge in [-0.05, 0) is 12.1 Å². The molecule has 2 aromatic rings. The molecule has 0 radical (unpaired) electrons. The van der Waals surface area contributed by atoms with Gasteiger partial charge in [-0.2, -0.15) is 4.98 Å². The Labute approximate surface area is 111 Å². The lowest BCUT2D eigenvalue weighted by molar-refractivity contribution is 0.267. The van der Waals surface area contributed by atoms with Crippen molar-refractivity contribution in [2.75, 3.05) is 43.5 Å². The molecule has 3 rings (SSSR count). The Morgan fingerprint density at radius 3 is 2.67 bits per heavy atom. The van der Waals surface area contributed by atoms with Crippen LogP contribution in [0.2, 0.25) is 0 Å². The summed E-state index contributed by atoms with van der Waals surface area (Å²) in [6.07, 6.45) is 0. The van der Waals surface area contributed by atoms with Crippen LogP contribution in [0.25, 0.3) is 11.1 Å². The molecule has 1 fully saturated rings. The van der Waals surface area contributed by atoms with E-state index in [9.17, 15) is 0 Å². The van der Waals surface area contributed by atoms with Gasteiger partial charge >= 0.3 is 0 Å². The van der Waals surface area contributed by atoms with E-state index in [1.165, 1.54) is 0 Å². The third kappa shape index (κ3) is 2.31. The van der Waals surface area contributed by atoms with Gasteiger partial charge in [-0.1, -0.05) is 12.1 Å². The number of oxazole rings is 1. The number of hydrogen-bond acceptors (Lipinski definition) is 4. The van der Waals surface area contributed by atoms with Crippen LogP contribution in [-0.4, -0.2) is 48.5 Å². The molecule has 0 atom stereocenters. The quantitative estimate of drug-likeness (QED) is 0.797. The molecule has 5 heteroatoms. The van der Waals surface area contributed by atoms with Crippen molar-refractivity contribution in [3.05, 3.63) is 24.3 Å². The van der Waals surface area contributed by atoms with Crippen LogP contribution in [0.3, 0.4) is 0 Å². The van der Waals surface area contributed by atoms with Crippen molar-refractivity contribution in [2.45, 2.75) is 0 Å². The fourth-order valence-electron chi connectivity index (χ4n) is 2.28. The largest absolute Gasteiger partial charge is 0.423 e. The van der Waals surface area contributed by atoms with Crippen LogP contribution in [-0.2, 0) is 0 Å². The number of piperazine rings is 1. The Bertz CT molecular complexity index is 487. The number of fused-ring (bicyclic) bond motifs is 1. The first kappa shape index (κ1) is 11.8. The number of benzene rings is 1. The van der Waals surface area contributed by atoms with Crippen LogP contribution in [0.15, 0.2) is 28.7 Å². The average molecular weight is 266 g/mol. The van der Waals surface area contributed by atoms with E-state index in [-0.39, 0.29) is 0 Å². The Morgan fingerprint density at radius 1 is 1.17 bits per heavy atom. The minimum Gasteiger partial charge on any atom is -0.423 e. The van der Waals surface area contributed by atoms with Crippen molar-refractivity contribution in [2.24, 2.45) is 0 Å². The summed E-state index contributed by atoms with van der Waals surface area (Å²) in [6, 6.07) is 8.62. The van der Waals surface area contributed by atoms with E-state index >= 15 is 0 Å². The van der Waals surface area contributed by atoms with Crippen molar-refractivity contribution < 1.29 is 4.42 Å². The van der Waals surface area contributed by atoms with Crippen LogP contribution in [0, 0.1) is 0 Å². The summed E-state index contributed by atoms with van der Waals surface area (Å²) in [4.78, 5) is 9.09. The maximum absolute atomic E-state index is 5.77. The number of aromatic nitrogens is 1. The molecule has 1 aliphatic rings. The molecule has 1 aromatic carbocycles. The zero-order valence-corrected chi connectivity index (χ0v) is 10.9. The van der Waals surface area contributed by atoms with E-state index in [4.69, 9.17) is 16.0 Å². The van der Waals surface area contributed by atoms with E-state index in [1.807, 2.05) is 24.3 Å². The SMILES string of the molecule is ClCCN1CCN(c2nc3ccccc3o2)CC1. The van der Waals surface area contributed by atoms with E-state index in [0.717, 1.165) is 49.8 Å². The van der Waals surface area contributed by atoms with Gasteiger partial charge in [0.05, 0.1) is 0 Å². The van der Waals surface area contributed by atoms with Crippen LogP contribution >= 0.6 is 11.6 Å². The molecule has 0 saturated carbocycles. The van der Waals surface area contributed by atoms with E-state index in [0.29, 0.717) is 5.88 Å². The number of nitrogens with zero attached hydrogens (tertiary/aromatic N) is 3. The number of hydrogen-bond donors (Lipinski definition) is 0. The lowest BCUT2D eigenvalue weighted by Crippen LogP contribution is -2.47. The van der Waals surface area contributed by atoms with Gasteiger partial charge in [-0.3, -0.25) is 4.90 Å². The summed E-state index contributed by atoms with van der Waals surface area (Å²) in [6.45, 7) is 4.90. The number of rotatable bonds is 3. The first-order chi connectivity index (χ1) is 8.86. The molecule has 0 unspecified atom stereocenters. The Hall–Kier alpha value is -1.26. The number of alkyl halides is 1. The molecule has 0 amide bonds. The van der Waals surface area contributed by atoms with Crippen molar-refractivity contribution in [1.29, 1.82) is 0 Å². The molecule has 2 heterocycles. The maximum Gasteiger partial charge on any atom is 0.298 e. The molecule has 0 aliphatic carbocycles. The summed E-state index contributed by atoms with van der Waals surface area (Å²) in [5.41, 5.74) is 1.78. The lowest BCUT2D eigenvalue weighted by Gasteiger charge is -2.33. The fourth-order valence-corrected chi connectivity index (χ4v) is 2.52. The first-order valence-corrected chi connectivity index (χ1v) is 6.79. The van der Waals surface area contributed by atoms with Crippen molar-refractivity contribution in [3.8, 4) is 0 Å². The standard InChI is InChI=1S/C13H16ClN3O/c14-5-6-16-7-9-17(10-8-16)13-15-11-3-1-2-4-12(11)18-13/h1-4H,5-10H2. The summed E-state index contributed by atoms with van der Waals surface area (Å²) in [5.74, 6) is 0.697. The molecule has 1 aromatic heterocycles. The Morgan fingerprint density at radius 2 is 1.94 bits per heavy atom. The molecule has 4 nitrogen and oxygen atoms in total. The molecule has 96 valence electrons. The minimum absolute atomic E-state index is 0.697. The van der Waals surface area contributed by atoms with Crippen LogP contribution in [0.5, 0.6) is 0 Å². The zero-order chi connectivity index (χ0) is 12.4. The van der Waals surface area contributed by atoms with Crippen LogP contribution in [0.1, 0.15) is 0 Å². The summed E-state index contributed by atoms with van der Waals surface area (Å²) < 4.78 is 5.77. The molecule has 18 heavy (non-hydrogen) atoms. The predicted molar refractivity (Wildman–Crippen MR) is 73.4 cm³/mol. The highest BCUT2D eigenvalue weighted by atomic mass is 35.5. The van der Waals surface area contributed by atoms with Crippen molar-refractivity contribution >= 4 is 28.7 Å². The summed E-state index contributed by atoms with van der Waals surface area (Å²) >= 11 is 5.76. The zero-order valence-electron chi connectivity index (χ0n) is 10.2. The second kappa shape index (κ2) is 5.16. The van der Waals surface area contributed by atoms with Gasteiger partial charge in [-0.15, -0.1) is 11.6 Å². The first-order valence-electron chi connectivity index (χ1n) is 6.25. The second-order valence-corrected chi connectivity index (χ2v) is 4.86. The van der Waals surface area contributed by atoms with E-state index < -0.39 is 0 Å². The minimum atomic E-state index is 0.697. The third-order valence-electron chi connectivity index (χ3n) is 3.33. The highest BCUT2D eigenvalue weighted by Gasteiger charge is 2.20. The van der Waals surface area contributed by atoms with Crippen molar-refractivity contribution in [1.82, 2.24) is 9.88 Å². The maximum atomic E-state index is 5.77. The molecule has 0 bridgehead atoms. The lowest BCUT2D eigenvalue weighted by atomic mass is 10.3. The van der Waals surface area contributed by atoms with Gasteiger partial charge in [0.15, 0.2) is 5.58 Å². The normalized spacial score (nSPS) is 17.5.